The van der Waals surface area contributed by atoms with Crippen molar-refractivity contribution in [3.05, 3.63) is 0 Å². The van der Waals surface area contributed by atoms with Crippen LogP contribution in [-0.4, -0.2) is 281 Å². The number of aliphatic hydroxyl groups excluding tert-OH is 2. The van der Waals surface area contributed by atoms with Gasteiger partial charge in [0.1, 0.15) is 89.8 Å². The highest BCUT2D eigenvalue weighted by atomic mass is 32.2. The third-order valence-electron chi connectivity index (χ3n) is 15.3. The maximum absolute atomic E-state index is 14.9. The second-order valence-electron chi connectivity index (χ2n) is 26.6. The van der Waals surface area contributed by atoms with E-state index in [2.05, 4.69) is 85.1 Å². The highest BCUT2D eigenvalue weighted by Crippen LogP contribution is 2.14. The van der Waals surface area contributed by atoms with Crippen LogP contribution >= 0.6 is 0 Å². The summed E-state index contributed by atoms with van der Waals surface area (Å²) in [4.78, 5) is 158. The van der Waals surface area contributed by atoms with Crippen LogP contribution in [0.1, 0.15) is 132 Å². The summed E-state index contributed by atoms with van der Waals surface area (Å²) in [6.45, 7) is 9.15. The fourth-order valence-electron chi connectivity index (χ4n) is 10.0. The number of amides is 11. The van der Waals surface area contributed by atoms with Crippen LogP contribution in [0.5, 0.6) is 0 Å². The minimum atomic E-state index is -4.77. The summed E-state index contributed by atoms with van der Waals surface area (Å²) in [6, 6.07) is -18.5. The Morgan fingerprint density at radius 3 is 1.14 bits per heavy atom. The lowest BCUT2D eigenvalue weighted by atomic mass is 9.99. The van der Waals surface area contributed by atoms with Gasteiger partial charge in [0.25, 0.3) is 50.6 Å². The van der Waals surface area contributed by atoms with Gasteiger partial charge in [-0.1, -0.05) is 54.4 Å². The van der Waals surface area contributed by atoms with Crippen molar-refractivity contribution in [3.8, 4) is 0 Å². The molecule has 1 heterocycles. The molecule has 44 nitrogen and oxygen atoms in total. The van der Waals surface area contributed by atoms with Crippen LogP contribution in [0, 0.1) is 17.8 Å². The normalized spacial score (nSPS) is 21.3. The number of hydrogen-bond donors (Lipinski definition) is 23. The van der Waals surface area contributed by atoms with Crippen molar-refractivity contribution >= 4 is 116 Å². The van der Waals surface area contributed by atoms with Crippen molar-refractivity contribution < 1.29 is 128 Å². The quantitative estimate of drug-likeness (QED) is 0.0199. The van der Waals surface area contributed by atoms with Gasteiger partial charge < -0.3 is 95.3 Å². The van der Waals surface area contributed by atoms with E-state index in [9.17, 15) is 128 Å². The molecule has 0 unspecified atom stereocenters. The fraction of sp³-hybridized carbons (Fsp3) is 0.807. The summed E-state index contributed by atoms with van der Waals surface area (Å²) in [5, 5.41) is 59.6. The van der Waals surface area contributed by atoms with Crippen molar-refractivity contribution in [3.63, 3.8) is 0 Å². The van der Waals surface area contributed by atoms with Gasteiger partial charge >= 0.3 is 0 Å². The molecule has 11 amide bonds. The molecule has 49 heteroatoms. The van der Waals surface area contributed by atoms with Gasteiger partial charge in [-0.05, 0) is 122 Å². The summed E-state index contributed by atoms with van der Waals surface area (Å²) < 4.78 is 163. The van der Waals surface area contributed by atoms with Gasteiger partial charge in [-0.15, -0.1) is 0 Å². The van der Waals surface area contributed by atoms with Crippen molar-refractivity contribution in [1.82, 2.24) is 85.1 Å². The third kappa shape index (κ3) is 44.7. The summed E-state index contributed by atoms with van der Waals surface area (Å²) in [5.74, 6) is -19.1. The summed E-state index contributed by atoms with van der Waals surface area (Å²) in [7, 11) is -23.5. The minimum Gasteiger partial charge on any atom is -0.391 e. The molecule has 0 saturated carbocycles. The number of carbonyl (C=O) groups is 11. The van der Waals surface area contributed by atoms with Crippen LogP contribution in [0.25, 0.3) is 0 Å². The van der Waals surface area contributed by atoms with E-state index in [1.165, 1.54) is 0 Å². The second kappa shape index (κ2) is 47.4. The number of aliphatic hydroxyl groups is 2. The molecule has 1 rings (SSSR count). The Bertz CT molecular complexity index is 3500. The molecule has 0 aromatic carbocycles. The van der Waals surface area contributed by atoms with Crippen molar-refractivity contribution in [1.29, 1.82) is 0 Å². The molecular weight excluding hydrogens is 1520 g/mol. The monoisotopic (exact) mass is 1620 g/mol. The van der Waals surface area contributed by atoms with Gasteiger partial charge in [0.2, 0.25) is 65.0 Å². The number of nitrogens with one attached hydrogen (secondary N) is 16. The molecule has 23 N–H and O–H groups in total. The molecule has 1 aliphatic heterocycles. The molecule has 1 saturated heterocycles. The first-order valence-corrected chi connectivity index (χ1v) is 41.9. The second-order valence-corrected chi connectivity index (χ2v) is 33.8. The van der Waals surface area contributed by atoms with Gasteiger partial charge in [-0.25, -0.2) is 0 Å². The predicted octanol–water partition coefficient (Wildman–Crippen LogP) is -8.45. The SMILES string of the molecule is CC(C)CCCCC(=O)N[C@@H](CCNCS(=O)(=O)O)C(=O)N[C@H](C(=O)N[C@@H](CCNCS(=O)(=O)O)C(=O)N[C@H]1CCNC(=O)[C@H]([C@@H](C)O)NC(=O)[C@H](CCNCS(=O)(=O)O)NC(=O)[C@H](CCNCS(=O)(=O)O)NC(=O)[C@H](CC(C)C)NC(=O)[C@@H](CC(C)C)NC(=O)[C@H](CCNCS(=O)(=O)O)NC1=O)[C@@H](C)O. The third-order valence-corrected chi connectivity index (χ3v) is 18.1. The van der Waals surface area contributed by atoms with Gasteiger partial charge in [0.05, 0.1) is 12.2 Å². The fourth-order valence-corrected chi connectivity index (χ4v) is 12.0. The topological polar surface area (TPSA) is 693 Å². The lowest BCUT2D eigenvalue weighted by Crippen LogP contribution is -2.62. The van der Waals surface area contributed by atoms with Crippen LogP contribution in [0.15, 0.2) is 0 Å². The first-order chi connectivity index (χ1) is 48.9. The lowest BCUT2D eigenvalue weighted by Gasteiger charge is -2.29. The summed E-state index contributed by atoms with van der Waals surface area (Å²) in [6.07, 6.45) is -6.15. The summed E-state index contributed by atoms with van der Waals surface area (Å²) in [5.41, 5.74) is 0. The van der Waals surface area contributed by atoms with E-state index < -0.39 is 294 Å². The molecule has 1 aliphatic rings. The van der Waals surface area contributed by atoms with Gasteiger partial charge in [0, 0.05) is 13.0 Å². The molecule has 0 aromatic rings. The molecule has 0 aromatic heterocycles. The first kappa shape index (κ1) is 97.5. The summed E-state index contributed by atoms with van der Waals surface area (Å²) >= 11 is 0. The van der Waals surface area contributed by atoms with E-state index in [4.69, 9.17) is 0 Å². The number of hydrogen-bond acceptors (Lipinski definition) is 28. The molecule has 0 bridgehead atoms. The average Bonchev–Trinajstić information content (AvgIpc) is 0.895. The highest BCUT2D eigenvalue weighted by Gasteiger charge is 2.38. The Kier molecular flexibility index (Phi) is 43.6. The Hall–Kier alpha value is -6.56. The maximum Gasteiger partial charge on any atom is 0.278 e. The molecule has 106 heavy (non-hydrogen) atoms. The Morgan fingerprint density at radius 2 is 0.774 bits per heavy atom. The van der Waals surface area contributed by atoms with Crippen LogP contribution in [0.3, 0.4) is 0 Å². The first-order valence-electron chi connectivity index (χ1n) is 33.8. The average molecular weight is 1630 g/mol. The molecule has 0 aliphatic carbocycles. The molecule has 0 radical (unpaired) electrons. The predicted molar refractivity (Wildman–Crippen MR) is 378 cm³/mol. The highest BCUT2D eigenvalue weighted by molar-refractivity contribution is 7.86. The molecule has 614 valence electrons. The van der Waals surface area contributed by atoms with Crippen molar-refractivity contribution in [2.75, 3.05) is 68.7 Å². The largest absolute Gasteiger partial charge is 0.391 e. The number of carbonyl (C=O) groups excluding carboxylic acids is 11. The van der Waals surface area contributed by atoms with Crippen LogP contribution in [0.4, 0.5) is 0 Å². The van der Waals surface area contributed by atoms with E-state index in [1.54, 1.807) is 27.7 Å². The van der Waals surface area contributed by atoms with Gasteiger partial charge in [-0.2, -0.15) is 42.1 Å². The van der Waals surface area contributed by atoms with Crippen LogP contribution < -0.4 is 85.1 Å². The van der Waals surface area contributed by atoms with E-state index in [0.717, 1.165) is 20.3 Å². The minimum absolute atomic E-state index is 0.0884. The van der Waals surface area contributed by atoms with Crippen molar-refractivity contribution in [2.45, 2.75) is 205 Å². The van der Waals surface area contributed by atoms with E-state index in [0.29, 0.717) is 18.8 Å². The van der Waals surface area contributed by atoms with Crippen LogP contribution in [0.2, 0.25) is 0 Å². The zero-order valence-electron chi connectivity index (χ0n) is 60.2. The van der Waals surface area contributed by atoms with Crippen molar-refractivity contribution in [2.24, 2.45) is 17.8 Å². The lowest BCUT2D eigenvalue weighted by molar-refractivity contribution is -0.137. The van der Waals surface area contributed by atoms with E-state index in [1.807, 2.05) is 13.8 Å². The Labute approximate surface area is 616 Å². The van der Waals surface area contributed by atoms with E-state index >= 15 is 0 Å². The Balaban J connectivity index is 4.34. The molecule has 1 fully saturated rings. The van der Waals surface area contributed by atoms with Gasteiger partial charge in [0.15, 0.2) is 0 Å². The zero-order chi connectivity index (χ0) is 81.1. The standard InChI is InChI=1S/C57H108N16O28S5/c1-32(2)11-9-10-12-45(76)64-37(13-19-58-27-102(87,88)89)52(81)73-47(36(8)75)57(86)69-40(16-22-61-30-105(96,97)98)49(78)67-42-18-24-63-56(85)46(35(7)74)72-53(82)41(17-23-62-31-106(99,100)101)66-48(77)38(14-20-59-28-103(90,91)92)68-54(83)43(25-33(3)4)71-55(84)44(26-34(5)6)70-51(80)39(65-50(42)79)15-21-60-29-104(93,94)95/h32-44,46-47,58-62,74-75H,9-31H2,1-8H3,(H,63,85)(H,64,76)(H,65,79)(H,66,77)(H,67,78)(H,68,83)(H,69,86)(H,70,80)(H,71,84)(H,72,82)(H,73,81)(H,87,88,89)(H,90,91,92)(H,93,94,95)(H,96,97,98)(H,99,100,101)/t35-,36-,37+,38+,39+,40+,41+,42+,43+,44-,46+,47+/m1/s1. The number of unbranched alkanes of at least 4 members (excludes halogenated alkanes) is 1. The molecule has 0 spiro atoms. The molecule has 12 atom stereocenters. The Morgan fingerprint density at radius 1 is 0.415 bits per heavy atom. The molecular formula is C57H108N16O28S5. The van der Waals surface area contributed by atoms with E-state index in [-0.39, 0.29) is 32.2 Å². The van der Waals surface area contributed by atoms with Gasteiger partial charge in [-0.3, -0.25) is 75.5 Å². The van der Waals surface area contributed by atoms with Crippen LogP contribution in [-0.2, 0) is 103 Å². The zero-order valence-corrected chi connectivity index (χ0v) is 64.3. The number of rotatable bonds is 43. The smallest absolute Gasteiger partial charge is 0.278 e. The maximum atomic E-state index is 14.9.